The molecule has 2 heterocycles. The minimum absolute atomic E-state index is 0.557. The van der Waals surface area contributed by atoms with Crippen LogP contribution in [0, 0.1) is 19.8 Å². The van der Waals surface area contributed by atoms with Gasteiger partial charge in [-0.3, -0.25) is 0 Å². The minimum Gasteiger partial charge on any atom is -0.356 e. The second-order valence-corrected chi connectivity index (χ2v) is 5.29. The first kappa shape index (κ1) is 12.7. The van der Waals surface area contributed by atoms with E-state index in [-0.39, 0.29) is 0 Å². The number of nitrogens with zero attached hydrogens (tertiary/aromatic N) is 2. The van der Waals surface area contributed by atoms with Crippen molar-refractivity contribution in [2.45, 2.75) is 39.5 Å². The molecule has 94 valence electrons. The van der Waals surface area contributed by atoms with E-state index in [2.05, 4.69) is 31.7 Å². The first-order valence-corrected chi connectivity index (χ1v) is 6.97. The Morgan fingerprint density at radius 1 is 1.47 bits per heavy atom. The second kappa shape index (κ2) is 5.26. The van der Waals surface area contributed by atoms with Crippen LogP contribution >= 0.6 is 11.6 Å². The number of hydrogen-bond donors (Lipinski definition) is 0. The van der Waals surface area contributed by atoms with Crippen molar-refractivity contribution >= 4 is 17.4 Å². The molecule has 1 aliphatic heterocycles. The molecule has 1 aromatic heterocycles. The summed E-state index contributed by atoms with van der Waals surface area (Å²) < 4.78 is 0. The molecule has 0 saturated carbocycles. The summed E-state index contributed by atoms with van der Waals surface area (Å²) in [6.45, 7) is 8.71. The zero-order chi connectivity index (χ0) is 12.4. The number of aryl methyl sites for hydroxylation is 2. The van der Waals surface area contributed by atoms with Crippen LogP contribution in [0.4, 0.5) is 5.82 Å². The molecule has 3 heteroatoms. The van der Waals surface area contributed by atoms with Crippen LogP contribution in [0.15, 0.2) is 6.07 Å². The molecule has 0 spiro atoms. The van der Waals surface area contributed by atoms with Gasteiger partial charge >= 0.3 is 0 Å². The van der Waals surface area contributed by atoms with E-state index in [1.165, 1.54) is 24.0 Å². The standard InChI is InChI=1S/C14H21ClN2/c1-4-12-5-6-17(9-12)14-13(8-15)10(2)7-11(3)16-14/h7,12H,4-6,8-9H2,1-3H3. The van der Waals surface area contributed by atoms with Gasteiger partial charge in [0, 0.05) is 24.3 Å². The van der Waals surface area contributed by atoms with Crippen molar-refractivity contribution in [3.63, 3.8) is 0 Å². The van der Waals surface area contributed by atoms with Crippen molar-refractivity contribution in [2.75, 3.05) is 18.0 Å². The average molecular weight is 253 g/mol. The van der Waals surface area contributed by atoms with Crippen LogP contribution in [0.2, 0.25) is 0 Å². The summed E-state index contributed by atoms with van der Waals surface area (Å²) in [5.74, 6) is 2.50. The van der Waals surface area contributed by atoms with Crippen molar-refractivity contribution < 1.29 is 0 Å². The summed E-state index contributed by atoms with van der Waals surface area (Å²) in [5.41, 5.74) is 3.56. The van der Waals surface area contributed by atoms with E-state index >= 15 is 0 Å². The van der Waals surface area contributed by atoms with Crippen LogP contribution in [-0.2, 0) is 5.88 Å². The lowest BCUT2D eigenvalue weighted by Gasteiger charge is -2.22. The minimum atomic E-state index is 0.557. The molecule has 0 bridgehead atoms. The number of hydrogen-bond acceptors (Lipinski definition) is 2. The Bertz CT molecular complexity index is 403. The molecule has 0 N–H and O–H groups in total. The number of aromatic nitrogens is 1. The van der Waals surface area contributed by atoms with E-state index in [4.69, 9.17) is 16.6 Å². The fraction of sp³-hybridized carbons (Fsp3) is 0.643. The number of pyridine rings is 1. The van der Waals surface area contributed by atoms with E-state index in [0.717, 1.165) is 30.5 Å². The normalized spacial score (nSPS) is 20.0. The first-order chi connectivity index (χ1) is 8.15. The molecule has 2 nitrogen and oxygen atoms in total. The number of alkyl halides is 1. The van der Waals surface area contributed by atoms with Crippen LogP contribution in [0.5, 0.6) is 0 Å². The van der Waals surface area contributed by atoms with E-state index < -0.39 is 0 Å². The lowest BCUT2D eigenvalue weighted by Crippen LogP contribution is -2.22. The highest BCUT2D eigenvalue weighted by molar-refractivity contribution is 6.17. The van der Waals surface area contributed by atoms with Gasteiger partial charge in [-0.2, -0.15) is 0 Å². The van der Waals surface area contributed by atoms with Gasteiger partial charge in [-0.15, -0.1) is 11.6 Å². The van der Waals surface area contributed by atoms with Crippen molar-refractivity contribution in [1.29, 1.82) is 0 Å². The third-order valence-electron chi connectivity index (χ3n) is 3.75. The van der Waals surface area contributed by atoms with Crippen molar-refractivity contribution in [1.82, 2.24) is 4.98 Å². The van der Waals surface area contributed by atoms with Crippen molar-refractivity contribution in [3.05, 3.63) is 22.9 Å². The molecule has 1 fully saturated rings. The molecule has 1 unspecified atom stereocenters. The number of rotatable bonds is 3. The van der Waals surface area contributed by atoms with Gasteiger partial charge in [-0.1, -0.05) is 13.3 Å². The molecule has 0 amide bonds. The van der Waals surface area contributed by atoms with Gasteiger partial charge < -0.3 is 4.90 Å². The number of anilines is 1. The second-order valence-electron chi connectivity index (χ2n) is 5.03. The first-order valence-electron chi connectivity index (χ1n) is 6.43. The predicted molar refractivity (Wildman–Crippen MR) is 73.9 cm³/mol. The SMILES string of the molecule is CCC1CCN(c2nc(C)cc(C)c2CCl)C1. The maximum absolute atomic E-state index is 6.07. The van der Waals surface area contributed by atoms with Crippen LogP contribution in [-0.4, -0.2) is 18.1 Å². The van der Waals surface area contributed by atoms with Crippen LogP contribution < -0.4 is 4.90 Å². The summed E-state index contributed by atoms with van der Waals surface area (Å²) in [7, 11) is 0. The zero-order valence-corrected chi connectivity index (χ0v) is 11.7. The largest absolute Gasteiger partial charge is 0.356 e. The lowest BCUT2D eigenvalue weighted by molar-refractivity contribution is 0.568. The van der Waals surface area contributed by atoms with E-state index in [1.807, 2.05) is 0 Å². The molecule has 2 rings (SSSR count). The zero-order valence-electron chi connectivity index (χ0n) is 11.0. The van der Waals surface area contributed by atoms with Gasteiger partial charge in [0.15, 0.2) is 0 Å². The summed E-state index contributed by atoms with van der Waals surface area (Å²) in [4.78, 5) is 7.11. The Morgan fingerprint density at radius 2 is 2.24 bits per heavy atom. The lowest BCUT2D eigenvalue weighted by atomic mass is 10.1. The third kappa shape index (κ3) is 2.57. The third-order valence-corrected chi connectivity index (χ3v) is 4.02. The predicted octanol–water partition coefficient (Wildman–Crippen LogP) is 3.67. The highest BCUT2D eigenvalue weighted by Gasteiger charge is 2.24. The molecular weight excluding hydrogens is 232 g/mol. The van der Waals surface area contributed by atoms with E-state index in [9.17, 15) is 0 Å². The van der Waals surface area contributed by atoms with E-state index in [0.29, 0.717) is 5.88 Å². The maximum atomic E-state index is 6.07. The molecule has 1 aliphatic rings. The van der Waals surface area contributed by atoms with Crippen LogP contribution in [0.3, 0.4) is 0 Å². The Hall–Kier alpha value is -0.760. The average Bonchev–Trinajstić information content (AvgIpc) is 2.76. The fourth-order valence-corrected chi connectivity index (χ4v) is 2.96. The van der Waals surface area contributed by atoms with Crippen molar-refractivity contribution in [3.8, 4) is 0 Å². The van der Waals surface area contributed by atoms with Gasteiger partial charge in [0.05, 0.1) is 5.88 Å². The fourth-order valence-electron chi connectivity index (χ4n) is 2.63. The summed E-state index contributed by atoms with van der Waals surface area (Å²) in [6.07, 6.45) is 2.55. The smallest absolute Gasteiger partial charge is 0.133 e. The molecular formula is C14H21ClN2. The van der Waals surface area contributed by atoms with Gasteiger partial charge in [0.25, 0.3) is 0 Å². The summed E-state index contributed by atoms with van der Waals surface area (Å²) in [6, 6.07) is 2.12. The molecule has 1 atom stereocenters. The summed E-state index contributed by atoms with van der Waals surface area (Å²) in [5, 5.41) is 0. The summed E-state index contributed by atoms with van der Waals surface area (Å²) >= 11 is 6.07. The van der Waals surface area contributed by atoms with Gasteiger partial charge in [0.2, 0.25) is 0 Å². The van der Waals surface area contributed by atoms with E-state index in [1.54, 1.807) is 0 Å². The monoisotopic (exact) mass is 252 g/mol. The molecule has 0 aromatic carbocycles. The Labute approximate surface area is 109 Å². The Morgan fingerprint density at radius 3 is 2.82 bits per heavy atom. The van der Waals surface area contributed by atoms with Crippen LogP contribution in [0.25, 0.3) is 0 Å². The van der Waals surface area contributed by atoms with Gasteiger partial charge in [-0.25, -0.2) is 4.98 Å². The highest BCUT2D eigenvalue weighted by atomic mass is 35.5. The quantitative estimate of drug-likeness (QED) is 0.763. The van der Waals surface area contributed by atoms with Gasteiger partial charge in [-0.05, 0) is 37.8 Å². The maximum Gasteiger partial charge on any atom is 0.133 e. The highest BCUT2D eigenvalue weighted by Crippen LogP contribution is 2.29. The number of halogens is 1. The molecule has 1 saturated heterocycles. The molecule has 0 radical (unpaired) electrons. The Balaban J connectivity index is 2.31. The molecule has 1 aromatic rings. The van der Waals surface area contributed by atoms with Gasteiger partial charge in [0.1, 0.15) is 5.82 Å². The molecule has 17 heavy (non-hydrogen) atoms. The van der Waals surface area contributed by atoms with Crippen LogP contribution in [0.1, 0.15) is 36.6 Å². The van der Waals surface area contributed by atoms with Crippen molar-refractivity contribution in [2.24, 2.45) is 5.92 Å². The Kier molecular flexibility index (Phi) is 3.93. The topological polar surface area (TPSA) is 16.1 Å². The molecule has 0 aliphatic carbocycles.